The van der Waals surface area contributed by atoms with Crippen molar-refractivity contribution in [3.8, 4) is 0 Å². The molecule has 1 heterocycles. The van der Waals surface area contributed by atoms with Crippen molar-refractivity contribution in [2.24, 2.45) is 23.2 Å². The Morgan fingerprint density at radius 1 is 0.971 bits per heavy atom. The molecule has 1 aliphatic heterocycles. The summed E-state index contributed by atoms with van der Waals surface area (Å²) in [4.78, 5) is 37.8. The van der Waals surface area contributed by atoms with Gasteiger partial charge in [-0.25, -0.2) is 0 Å². The van der Waals surface area contributed by atoms with Crippen LogP contribution in [0.3, 0.4) is 0 Å². The number of carbonyl (C=O) groups is 3. The predicted molar refractivity (Wildman–Crippen MR) is 136 cm³/mol. The summed E-state index contributed by atoms with van der Waals surface area (Å²) in [5.74, 6) is -4.02. The van der Waals surface area contributed by atoms with Crippen molar-refractivity contribution >= 4 is 17.9 Å². The van der Waals surface area contributed by atoms with E-state index in [9.17, 15) is 14.4 Å². The monoisotopic (exact) mass is 478 g/mol. The van der Waals surface area contributed by atoms with E-state index in [1.54, 1.807) is 6.92 Å². The molecule has 0 radical (unpaired) electrons. The molecule has 2 aromatic rings. The topological polar surface area (TPSA) is 69.7 Å². The minimum atomic E-state index is -0.844. The van der Waals surface area contributed by atoms with Gasteiger partial charge in [-0.2, -0.15) is 0 Å². The number of esters is 3. The lowest BCUT2D eigenvalue weighted by molar-refractivity contribution is -0.157. The van der Waals surface area contributed by atoms with Gasteiger partial charge in [0.2, 0.25) is 0 Å². The lowest BCUT2D eigenvalue weighted by Crippen LogP contribution is -2.41. The maximum Gasteiger partial charge on any atom is 0.318 e. The standard InChI is InChI=1S/C30H38O5/c1-7-29(3,4)30(5,23-16-12-9-13-17-23)19-22(21-14-10-8-11-15-21)18-24-25(20(2)26(31)34-6)28(33)35-27(24)32/h8-17,20,22,24-25H,7,18-19H2,1-6H3. The summed E-state index contributed by atoms with van der Waals surface area (Å²) in [5, 5.41) is 0. The number of ether oxygens (including phenoxy) is 2. The first kappa shape index (κ1) is 26.7. The molecule has 1 aliphatic rings. The van der Waals surface area contributed by atoms with Gasteiger partial charge in [-0.1, -0.05) is 102 Å². The van der Waals surface area contributed by atoms with Crippen LogP contribution in [-0.4, -0.2) is 25.0 Å². The van der Waals surface area contributed by atoms with Crippen molar-refractivity contribution in [1.82, 2.24) is 0 Å². The summed E-state index contributed by atoms with van der Waals surface area (Å²) in [5.41, 5.74) is 2.11. The Balaban J connectivity index is 2.05. The van der Waals surface area contributed by atoms with E-state index in [-0.39, 0.29) is 16.7 Å². The molecule has 0 amide bonds. The molecule has 5 heteroatoms. The summed E-state index contributed by atoms with van der Waals surface area (Å²) in [6.07, 6.45) is 2.17. The number of hydrogen-bond donors (Lipinski definition) is 0. The van der Waals surface area contributed by atoms with Gasteiger partial charge < -0.3 is 9.47 Å². The molecule has 0 N–H and O–H groups in total. The third kappa shape index (κ3) is 5.34. The van der Waals surface area contributed by atoms with Gasteiger partial charge >= 0.3 is 17.9 Å². The lowest BCUT2D eigenvalue weighted by Gasteiger charge is -2.47. The molecular formula is C30H38O5. The highest BCUT2D eigenvalue weighted by molar-refractivity contribution is 5.98. The fourth-order valence-electron chi connectivity index (χ4n) is 5.52. The van der Waals surface area contributed by atoms with E-state index < -0.39 is 35.7 Å². The van der Waals surface area contributed by atoms with Crippen molar-refractivity contribution in [3.63, 3.8) is 0 Å². The van der Waals surface area contributed by atoms with Crippen molar-refractivity contribution in [1.29, 1.82) is 0 Å². The largest absolute Gasteiger partial charge is 0.469 e. The molecule has 35 heavy (non-hydrogen) atoms. The van der Waals surface area contributed by atoms with Gasteiger partial charge in [-0.05, 0) is 40.7 Å². The van der Waals surface area contributed by atoms with Crippen molar-refractivity contribution in [3.05, 3.63) is 71.8 Å². The molecular weight excluding hydrogens is 440 g/mol. The second-order valence-electron chi connectivity index (χ2n) is 10.7. The Labute approximate surface area is 209 Å². The first-order valence-corrected chi connectivity index (χ1v) is 12.5. The van der Waals surface area contributed by atoms with E-state index in [4.69, 9.17) is 9.47 Å². The molecule has 0 saturated carbocycles. The van der Waals surface area contributed by atoms with Gasteiger partial charge in [0.15, 0.2) is 0 Å². The Bertz CT molecular complexity index is 1030. The van der Waals surface area contributed by atoms with E-state index in [0.717, 1.165) is 18.4 Å². The molecule has 5 nitrogen and oxygen atoms in total. The number of cyclic esters (lactones) is 2. The summed E-state index contributed by atoms with van der Waals surface area (Å²) < 4.78 is 9.94. The smallest absolute Gasteiger partial charge is 0.318 e. The quantitative estimate of drug-likeness (QED) is 0.306. The average molecular weight is 479 g/mol. The van der Waals surface area contributed by atoms with Crippen LogP contribution in [0.2, 0.25) is 0 Å². The van der Waals surface area contributed by atoms with E-state index >= 15 is 0 Å². The van der Waals surface area contributed by atoms with Gasteiger partial charge in [0.1, 0.15) is 0 Å². The number of benzene rings is 2. The summed E-state index contributed by atoms with van der Waals surface area (Å²) >= 11 is 0. The van der Waals surface area contributed by atoms with Gasteiger partial charge in [0.25, 0.3) is 0 Å². The van der Waals surface area contributed by atoms with Crippen LogP contribution in [0.5, 0.6) is 0 Å². The molecule has 5 atom stereocenters. The molecule has 1 saturated heterocycles. The highest BCUT2D eigenvalue weighted by atomic mass is 16.6. The number of carbonyl (C=O) groups excluding carboxylic acids is 3. The van der Waals surface area contributed by atoms with Crippen molar-refractivity contribution in [2.75, 3.05) is 7.11 Å². The third-order valence-corrected chi connectivity index (χ3v) is 8.57. The fraction of sp³-hybridized carbons (Fsp3) is 0.500. The zero-order chi connectivity index (χ0) is 25.8. The Kier molecular flexibility index (Phi) is 8.19. The Morgan fingerprint density at radius 2 is 1.54 bits per heavy atom. The third-order valence-electron chi connectivity index (χ3n) is 8.57. The fourth-order valence-corrected chi connectivity index (χ4v) is 5.52. The highest BCUT2D eigenvalue weighted by Gasteiger charge is 2.51. The molecule has 3 rings (SSSR count). The highest BCUT2D eigenvalue weighted by Crippen LogP contribution is 2.51. The molecule has 188 valence electrons. The van der Waals surface area contributed by atoms with Crippen LogP contribution in [0.15, 0.2) is 60.7 Å². The predicted octanol–water partition coefficient (Wildman–Crippen LogP) is 6.07. The van der Waals surface area contributed by atoms with Crippen LogP contribution >= 0.6 is 0 Å². The minimum Gasteiger partial charge on any atom is -0.469 e. The van der Waals surface area contributed by atoms with Gasteiger partial charge in [-0.3, -0.25) is 14.4 Å². The van der Waals surface area contributed by atoms with Gasteiger partial charge in [0, 0.05) is 0 Å². The van der Waals surface area contributed by atoms with Crippen LogP contribution in [0.25, 0.3) is 0 Å². The summed E-state index contributed by atoms with van der Waals surface area (Å²) in [7, 11) is 1.29. The zero-order valence-electron chi connectivity index (χ0n) is 21.7. The zero-order valence-corrected chi connectivity index (χ0v) is 21.7. The normalized spacial score (nSPS) is 21.7. The first-order chi connectivity index (χ1) is 16.6. The average Bonchev–Trinajstić information content (AvgIpc) is 3.15. The molecule has 2 aromatic carbocycles. The molecule has 0 aliphatic carbocycles. The Morgan fingerprint density at radius 3 is 2.09 bits per heavy atom. The number of hydrogen-bond acceptors (Lipinski definition) is 5. The van der Waals surface area contributed by atoms with E-state index in [1.165, 1.54) is 12.7 Å². The van der Waals surface area contributed by atoms with Crippen molar-refractivity contribution in [2.45, 2.75) is 65.2 Å². The first-order valence-electron chi connectivity index (χ1n) is 12.5. The van der Waals surface area contributed by atoms with Crippen LogP contribution < -0.4 is 0 Å². The molecule has 0 bridgehead atoms. The second-order valence-corrected chi connectivity index (χ2v) is 10.7. The maximum atomic E-state index is 12.9. The lowest BCUT2D eigenvalue weighted by atomic mass is 9.57. The molecule has 5 unspecified atom stereocenters. The second kappa shape index (κ2) is 10.8. The molecule has 1 fully saturated rings. The number of rotatable bonds is 10. The molecule has 0 aromatic heterocycles. The van der Waals surface area contributed by atoms with Crippen LogP contribution in [0.4, 0.5) is 0 Å². The van der Waals surface area contributed by atoms with Crippen LogP contribution in [0.1, 0.15) is 70.9 Å². The van der Waals surface area contributed by atoms with E-state index in [0.29, 0.717) is 6.42 Å². The van der Waals surface area contributed by atoms with E-state index in [1.807, 2.05) is 24.3 Å². The maximum absolute atomic E-state index is 12.9. The number of methoxy groups -OCH3 is 1. The van der Waals surface area contributed by atoms with Gasteiger partial charge in [-0.15, -0.1) is 0 Å². The molecule has 0 spiro atoms. The van der Waals surface area contributed by atoms with Gasteiger partial charge in [0.05, 0.1) is 24.9 Å². The van der Waals surface area contributed by atoms with Crippen LogP contribution in [-0.2, 0) is 29.3 Å². The Hall–Kier alpha value is -2.95. The summed E-state index contributed by atoms with van der Waals surface area (Å²) in [6, 6.07) is 20.6. The van der Waals surface area contributed by atoms with Crippen LogP contribution in [0, 0.1) is 23.2 Å². The minimum absolute atomic E-state index is 0.0250. The van der Waals surface area contributed by atoms with E-state index in [2.05, 4.69) is 64.1 Å². The SMILES string of the molecule is CCC(C)(C)C(C)(CC(CC1C(=O)OC(=O)C1C(C)C(=O)OC)c1ccccc1)c1ccccc1. The summed E-state index contributed by atoms with van der Waals surface area (Å²) in [6.45, 7) is 10.7. The van der Waals surface area contributed by atoms with Crippen molar-refractivity contribution < 1.29 is 23.9 Å².